The highest BCUT2D eigenvalue weighted by Crippen LogP contribution is 2.26. The van der Waals surface area contributed by atoms with Crippen LogP contribution in [0.1, 0.15) is 34.5 Å². The lowest BCUT2D eigenvalue weighted by atomic mass is 10.0. The summed E-state index contributed by atoms with van der Waals surface area (Å²) in [4.78, 5) is 27.5. The van der Waals surface area contributed by atoms with Crippen molar-refractivity contribution < 1.29 is 13.9 Å². The molecular weight excluding hydrogens is 332 g/mol. The summed E-state index contributed by atoms with van der Waals surface area (Å²) in [5.74, 6) is 0.769. The van der Waals surface area contributed by atoms with Crippen LogP contribution in [0.3, 0.4) is 0 Å². The monoisotopic (exact) mass is 352 g/mol. The predicted octanol–water partition coefficient (Wildman–Crippen LogP) is 3.44. The minimum Gasteiger partial charge on any atom is -0.496 e. The summed E-state index contributed by atoms with van der Waals surface area (Å²) < 4.78 is 10.6. The Morgan fingerprint density at radius 2 is 2.04 bits per heavy atom. The maximum atomic E-state index is 12.5. The van der Waals surface area contributed by atoms with Gasteiger partial charge in [-0.15, -0.1) is 0 Å². The van der Waals surface area contributed by atoms with Crippen molar-refractivity contribution in [2.75, 3.05) is 7.11 Å². The lowest BCUT2D eigenvalue weighted by Crippen LogP contribution is -2.31. The van der Waals surface area contributed by atoms with Crippen molar-refractivity contribution in [3.05, 3.63) is 75.8 Å². The molecule has 134 valence electrons. The number of benzene rings is 1. The number of amides is 1. The van der Waals surface area contributed by atoms with Crippen molar-refractivity contribution in [3.63, 3.8) is 0 Å². The second-order valence-corrected chi connectivity index (χ2v) is 6.03. The Labute approximate surface area is 150 Å². The van der Waals surface area contributed by atoms with E-state index in [-0.39, 0.29) is 11.6 Å². The molecule has 0 spiro atoms. The van der Waals surface area contributed by atoms with Gasteiger partial charge in [-0.25, -0.2) is 0 Å². The van der Waals surface area contributed by atoms with Gasteiger partial charge in [0.1, 0.15) is 17.1 Å². The first-order valence-electron chi connectivity index (χ1n) is 8.22. The van der Waals surface area contributed by atoms with E-state index < -0.39 is 11.5 Å². The van der Waals surface area contributed by atoms with Gasteiger partial charge in [-0.2, -0.15) is 0 Å². The number of hydrogen-bond acceptors (Lipinski definition) is 4. The Balaban J connectivity index is 1.82. The van der Waals surface area contributed by atoms with Crippen LogP contribution in [-0.2, 0) is 0 Å². The van der Waals surface area contributed by atoms with Gasteiger partial charge in [-0.05, 0) is 44.2 Å². The number of methoxy groups -OCH3 is 1. The second-order valence-electron chi connectivity index (χ2n) is 6.03. The minimum atomic E-state index is -0.472. The molecule has 26 heavy (non-hydrogen) atoms. The number of rotatable bonds is 5. The Kier molecular flexibility index (Phi) is 4.93. The normalized spacial score (nSPS) is 11.8. The van der Waals surface area contributed by atoms with Crippen molar-refractivity contribution in [1.29, 1.82) is 0 Å². The smallest absolute Gasteiger partial charge is 0.261 e. The molecular formula is C20H20N2O4. The van der Waals surface area contributed by atoms with Gasteiger partial charge in [0.25, 0.3) is 11.5 Å². The molecule has 0 aliphatic heterocycles. The van der Waals surface area contributed by atoms with Gasteiger partial charge in [0.15, 0.2) is 0 Å². The third-order valence-electron chi connectivity index (χ3n) is 4.14. The van der Waals surface area contributed by atoms with Crippen molar-refractivity contribution in [2.24, 2.45) is 0 Å². The summed E-state index contributed by atoms with van der Waals surface area (Å²) in [5, 5.41) is 2.85. The van der Waals surface area contributed by atoms with Crippen LogP contribution in [0, 0.1) is 6.92 Å². The van der Waals surface area contributed by atoms with Crippen LogP contribution in [-0.4, -0.2) is 18.0 Å². The summed E-state index contributed by atoms with van der Waals surface area (Å²) in [6.07, 6.45) is 1.52. The number of hydrogen-bond donors (Lipinski definition) is 2. The summed E-state index contributed by atoms with van der Waals surface area (Å²) in [5.41, 5.74) is 2.00. The van der Waals surface area contributed by atoms with Gasteiger partial charge in [0, 0.05) is 5.56 Å². The molecule has 2 aromatic heterocycles. The molecule has 0 fully saturated rings. The summed E-state index contributed by atoms with van der Waals surface area (Å²) >= 11 is 0. The van der Waals surface area contributed by atoms with Crippen molar-refractivity contribution in [2.45, 2.75) is 19.9 Å². The number of carbonyl (C=O) groups excluding carboxylic acids is 1. The molecule has 6 nitrogen and oxygen atoms in total. The van der Waals surface area contributed by atoms with Gasteiger partial charge in [-0.3, -0.25) is 9.59 Å². The fraction of sp³-hybridized carbons (Fsp3) is 0.200. The number of carbonyl (C=O) groups is 1. The first-order valence-corrected chi connectivity index (χ1v) is 8.22. The maximum Gasteiger partial charge on any atom is 0.261 e. The number of aromatic amines is 1. The lowest BCUT2D eigenvalue weighted by molar-refractivity contribution is 0.0938. The number of pyridine rings is 1. The highest BCUT2D eigenvalue weighted by Gasteiger charge is 2.18. The minimum absolute atomic E-state index is 0.0405. The Bertz CT molecular complexity index is 974. The third kappa shape index (κ3) is 3.54. The van der Waals surface area contributed by atoms with E-state index >= 15 is 0 Å². The summed E-state index contributed by atoms with van der Waals surface area (Å²) in [6, 6.07) is 12.0. The van der Waals surface area contributed by atoms with Gasteiger partial charge in [-0.1, -0.05) is 17.7 Å². The molecule has 0 bridgehead atoms. The van der Waals surface area contributed by atoms with E-state index in [2.05, 4.69) is 10.3 Å². The van der Waals surface area contributed by atoms with E-state index in [1.807, 2.05) is 32.0 Å². The number of ether oxygens (including phenoxy) is 1. The van der Waals surface area contributed by atoms with Crippen molar-refractivity contribution in [1.82, 2.24) is 10.3 Å². The topological polar surface area (TPSA) is 84.3 Å². The van der Waals surface area contributed by atoms with Crippen LogP contribution in [0.25, 0.3) is 11.5 Å². The first kappa shape index (κ1) is 17.5. The van der Waals surface area contributed by atoms with Gasteiger partial charge < -0.3 is 19.5 Å². The summed E-state index contributed by atoms with van der Waals surface area (Å²) in [7, 11) is 1.58. The maximum absolute atomic E-state index is 12.5. The molecule has 0 unspecified atom stereocenters. The van der Waals surface area contributed by atoms with Crippen LogP contribution in [0.15, 0.2) is 57.9 Å². The van der Waals surface area contributed by atoms with E-state index in [4.69, 9.17) is 9.15 Å². The summed E-state index contributed by atoms with van der Waals surface area (Å²) in [6.45, 7) is 3.82. The first-order chi connectivity index (χ1) is 12.5. The van der Waals surface area contributed by atoms with Crippen LogP contribution < -0.4 is 15.6 Å². The van der Waals surface area contributed by atoms with Crippen LogP contribution in [0.2, 0.25) is 0 Å². The van der Waals surface area contributed by atoms with Gasteiger partial charge in [0.2, 0.25) is 0 Å². The van der Waals surface area contributed by atoms with E-state index in [0.717, 1.165) is 11.1 Å². The zero-order valence-corrected chi connectivity index (χ0v) is 14.8. The molecule has 1 amide bonds. The van der Waals surface area contributed by atoms with Crippen molar-refractivity contribution >= 4 is 5.91 Å². The molecule has 0 aliphatic carbocycles. The highest BCUT2D eigenvalue weighted by molar-refractivity contribution is 5.94. The average Bonchev–Trinajstić information content (AvgIpc) is 3.16. The van der Waals surface area contributed by atoms with Gasteiger partial charge >= 0.3 is 0 Å². The van der Waals surface area contributed by atoms with Crippen LogP contribution in [0.5, 0.6) is 5.75 Å². The van der Waals surface area contributed by atoms with E-state index in [9.17, 15) is 9.59 Å². The Morgan fingerprint density at radius 3 is 2.69 bits per heavy atom. The standard InChI is InChI=1S/C20H20N2O4/c1-12-6-9-17(25-3)15(11-12)13(2)21-19(23)14-7-8-16(22-20(14)24)18-5-4-10-26-18/h4-11,13H,1-3H3,(H,21,23)(H,22,24)/t13-/m1/s1. The number of H-pyrrole nitrogens is 1. The number of aryl methyl sites for hydroxylation is 1. The van der Waals surface area contributed by atoms with Crippen molar-refractivity contribution in [3.8, 4) is 17.2 Å². The molecule has 6 heteroatoms. The molecule has 3 rings (SSSR count). The highest BCUT2D eigenvalue weighted by atomic mass is 16.5. The fourth-order valence-electron chi connectivity index (χ4n) is 2.77. The van der Waals surface area contributed by atoms with Gasteiger partial charge in [0.05, 0.1) is 25.1 Å². The van der Waals surface area contributed by atoms with Crippen LogP contribution >= 0.6 is 0 Å². The lowest BCUT2D eigenvalue weighted by Gasteiger charge is -2.18. The zero-order chi connectivity index (χ0) is 18.7. The van der Waals surface area contributed by atoms with Crippen LogP contribution in [0.4, 0.5) is 0 Å². The Morgan fingerprint density at radius 1 is 1.23 bits per heavy atom. The molecule has 0 saturated carbocycles. The molecule has 0 radical (unpaired) electrons. The zero-order valence-electron chi connectivity index (χ0n) is 14.8. The number of furan rings is 1. The SMILES string of the molecule is COc1ccc(C)cc1[C@@H](C)NC(=O)c1ccc(-c2ccco2)[nH]c1=O. The number of nitrogens with one attached hydrogen (secondary N) is 2. The molecule has 3 aromatic rings. The van der Waals surface area contributed by atoms with E-state index in [1.165, 1.54) is 12.3 Å². The van der Waals surface area contributed by atoms with E-state index in [1.54, 1.807) is 25.3 Å². The molecule has 0 saturated heterocycles. The Hall–Kier alpha value is -3.28. The second kappa shape index (κ2) is 7.31. The predicted molar refractivity (Wildman–Crippen MR) is 98.4 cm³/mol. The molecule has 1 aromatic carbocycles. The van der Waals surface area contributed by atoms with E-state index in [0.29, 0.717) is 17.2 Å². The largest absolute Gasteiger partial charge is 0.496 e. The fourth-order valence-corrected chi connectivity index (χ4v) is 2.77. The average molecular weight is 352 g/mol. The molecule has 0 aliphatic rings. The quantitative estimate of drug-likeness (QED) is 0.737. The molecule has 2 N–H and O–H groups in total. The molecule has 1 atom stereocenters. The third-order valence-corrected chi connectivity index (χ3v) is 4.14. The molecule has 2 heterocycles. The number of aromatic nitrogens is 1.